The largest absolute Gasteiger partial charge is 0.449 e. The van der Waals surface area contributed by atoms with Gasteiger partial charge in [0.1, 0.15) is 5.82 Å². The second-order valence-corrected chi connectivity index (χ2v) is 4.64. The molecule has 1 fully saturated rings. The number of ether oxygens (including phenoxy) is 1. The lowest BCUT2D eigenvalue weighted by molar-refractivity contribution is 0.140. The average molecular weight is 278 g/mol. The van der Waals surface area contributed by atoms with Gasteiger partial charge in [0.25, 0.3) is 0 Å². The molecule has 1 aromatic carbocycles. The Bertz CT molecular complexity index is 684. The highest BCUT2D eigenvalue weighted by molar-refractivity contribution is 5.86. The van der Waals surface area contributed by atoms with E-state index in [1.165, 1.54) is 4.90 Å². The number of cyclic esters (lactones) is 1. The van der Waals surface area contributed by atoms with Crippen molar-refractivity contribution in [3.8, 4) is 11.8 Å². The van der Waals surface area contributed by atoms with Crippen LogP contribution in [0.15, 0.2) is 48.7 Å². The van der Waals surface area contributed by atoms with Crippen LogP contribution in [0.1, 0.15) is 17.5 Å². The van der Waals surface area contributed by atoms with Crippen LogP contribution >= 0.6 is 0 Å². The maximum Gasteiger partial charge on any atom is 0.415 e. The van der Waals surface area contributed by atoms with Crippen molar-refractivity contribution in [3.63, 3.8) is 0 Å². The highest BCUT2D eigenvalue weighted by Crippen LogP contribution is 2.15. The van der Waals surface area contributed by atoms with E-state index >= 15 is 0 Å². The first-order valence-electron chi connectivity index (χ1n) is 6.80. The van der Waals surface area contributed by atoms with Crippen LogP contribution in [-0.4, -0.2) is 24.2 Å². The van der Waals surface area contributed by atoms with Crippen molar-refractivity contribution in [2.24, 2.45) is 0 Å². The Balaban J connectivity index is 1.75. The molecular weight excluding hydrogens is 264 g/mol. The van der Waals surface area contributed by atoms with Gasteiger partial charge in [0.15, 0.2) is 0 Å². The summed E-state index contributed by atoms with van der Waals surface area (Å²) in [7, 11) is 0. The van der Waals surface area contributed by atoms with E-state index in [0.717, 1.165) is 17.5 Å². The van der Waals surface area contributed by atoms with Gasteiger partial charge in [-0.25, -0.2) is 9.78 Å². The fourth-order valence-corrected chi connectivity index (χ4v) is 2.04. The average Bonchev–Trinajstić information content (AvgIpc) is 2.55. The standard InChI is InChI=1S/C17H14N2O2/c20-17-19(11-4-12-21-17)16-10-9-15(13-18-16)8-7-14-5-2-1-3-6-14/h1-3,5-6,9-10,13H,4,11-12H2. The topological polar surface area (TPSA) is 42.4 Å². The van der Waals surface area contributed by atoms with E-state index in [0.29, 0.717) is 19.0 Å². The summed E-state index contributed by atoms with van der Waals surface area (Å²) in [4.78, 5) is 17.5. The molecule has 3 rings (SSSR count). The molecule has 1 aromatic heterocycles. The lowest BCUT2D eigenvalue weighted by Crippen LogP contribution is -2.38. The van der Waals surface area contributed by atoms with E-state index in [2.05, 4.69) is 16.8 Å². The van der Waals surface area contributed by atoms with Gasteiger partial charge in [-0.05, 0) is 30.7 Å². The molecule has 1 amide bonds. The third kappa shape index (κ3) is 3.21. The Morgan fingerprint density at radius 2 is 1.86 bits per heavy atom. The minimum atomic E-state index is -0.336. The maximum absolute atomic E-state index is 11.6. The number of amides is 1. The SMILES string of the molecule is O=C1OCCCN1c1ccc(C#Cc2ccccc2)cn1. The van der Waals surface area contributed by atoms with Crippen molar-refractivity contribution in [2.45, 2.75) is 6.42 Å². The normalized spacial score (nSPS) is 14.1. The zero-order valence-corrected chi connectivity index (χ0v) is 11.5. The summed E-state index contributed by atoms with van der Waals surface area (Å²) >= 11 is 0. The first kappa shape index (κ1) is 13.2. The predicted octanol–water partition coefficient (Wildman–Crippen LogP) is 2.83. The molecule has 104 valence electrons. The van der Waals surface area contributed by atoms with Crippen LogP contribution < -0.4 is 4.90 Å². The zero-order valence-electron chi connectivity index (χ0n) is 11.5. The molecule has 0 radical (unpaired) electrons. The van der Waals surface area contributed by atoms with Crippen molar-refractivity contribution in [1.82, 2.24) is 4.98 Å². The van der Waals surface area contributed by atoms with Gasteiger partial charge in [0.2, 0.25) is 0 Å². The van der Waals surface area contributed by atoms with Crippen LogP contribution in [0.5, 0.6) is 0 Å². The van der Waals surface area contributed by atoms with Crippen LogP contribution in [0.4, 0.5) is 10.6 Å². The van der Waals surface area contributed by atoms with Crippen molar-refractivity contribution >= 4 is 11.9 Å². The van der Waals surface area contributed by atoms with Crippen LogP contribution in [0.3, 0.4) is 0 Å². The second kappa shape index (κ2) is 6.10. The lowest BCUT2D eigenvalue weighted by atomic mass is 10.2. The van der Waals surface area contributed by atoms with E-state index in [1.807, 2.05) is 36.4 Å². The number of hydrogen-bond donors (Lipinski definition) is 0. The Labute approximate surface area is 123 Å². The number of pyridine rings is 1. The Hall–Kier alpha value is -2.80. The molecule has 2 aromatic rings. The van der Waals surface area contributed by atoms with E-state index in [4.69, 9.17) is 4.74 Å². The highest BCUT2D eigenvalue weighted by atomic mass is 16.6. The minimum Gasteiger partial charge on any atom is -0.449 e. The molecule has 0 atom stereocenters. The number of benzene rings is 1. The van der Waals surface area contributed by atoms with Crippen LogP contribution in [-0.2, 0) is 4.74 Å². The number of carbonyl (C=O) groups is 1. The number of aromatic nitrogens is 1. The van der Waals surface area contributed by atoms with E-state index in [-0.39, 0.29) is 6.09 Å². The first-order valence-corrected chi connectivity index (χ1v) is 6.80. The minimum absolute atomic E-state index is 0.336. The van der Waals surface area contributed by atoms with Crippen molar-refractivity contribution in [2.75, 3.05) is 18.1 Å². The number of hydrogen-bond acceptors (Lipinski definition) is 3. The zero-order chi connectivity index (χ0) is 14.5. The summed E-state index contributed by atoms with van der Waals surface area (Å²) in [6.07, 6.45) is 2.16. The molecule has 1 saturated heterocycles. The maximum atomic E-state index is 11.6. The van der Waals surface area contributed by atoms with E-state index in [9.17, 15) is 4.79 Å². The molecule has 0 aliphatic carbocycles. The summed E-state index contributed by atoms with van der Waals surface area (Å²) in [6, 6.07) is 13.4. The van der Waals surface area contributed by atoms with Crippen LogP contribution in [0, 0.1) is 11.8 Å². The number of nitrogens with zero attached hydrogens (tertiary/aromatic N) is 2. The molecule has 1 aliphatic heterocycles. The molecule has 0 N–H and O–H groups in total. The van der Waals surface area contributed by atoms with Crippen molar-refractivity contribution in [1.29, 1.82) is 0 Å². The molecule has 0 spiro atoms. The van der Waals surface area contributed by atoms with Gasteiger partial charge < -0.3 is 4.74 Å². The summed E-state index contributed by atoms with van der Waals surface area (Å²) in [6.45, 7) is 1.12. The summed E-state index contributed by atoms with van der Waals surface area (Å²) in [5.74, 6) is 6.73. The van der Waals surface area contributed by atoms with Gasteiger partial charge in [0, 0.05) is 23.9 Å². The summed E-state index contributed by atoms with van der Waals surface area (Å²) in [5.41, 5.74) is 1.77. The highest BCUT2D eigenvalue weighted by Gasteiger charge is 2.21. The molecule has 0 bridgehead atoms. The third-order valence-corrected chi connectivity index (χ3v) is 3.12. The van der Waals surface area contributed by atoms with Gasteiger partial charge in [-0.3, -0.25) is 4.90 Å². The van der Waals surface area contributed by atoms with E-state index < -0.39 is 0 Å². The Kier molecular flexibility index (Phi) is 3.83. The fraction of sp³-hybridized carbons (Fsp3) is 0.176. The quantitative estimate of drug-likeness (QED) is 0.753. The molecule has 0 saturated carbocycles. The summed E-state index contributed by atoms with van der Waals surface area (Å²) in [5, 5.41) is 0. The van der Waals surface area contributed by atoms with Gasteiger partial charge >= 0.3 is 6.09 Å². The number of rotatable bonds is 1. The van der Waals surface area contributed by atoms with Gasteiger partial charge in [0.05, 0.1) is 6.61 Å². The lowest BCUT2D eigenvalue weighted by Gasteiger charge is -2.25. The smallest absolute Gasteiger partial charge is 0.415 e. The molecule has 4 heteroatoms. The molecular formula is C17H14N2O2. The molecule has 2 heterocycles. The number of carbonyl (C=O) groups excluding carboxylic acids is 1. The van der Waals surface area contributed by atoms with Crippen molar-refractivity contribution in [3.05, 3.63) is 59.8 Å². The molecule has 0 unspecified atom stereocenters. The Morgan fingerprint density at radius 1 is 1.05 bits per heavy atom. The van der Waals surface area contributed by atoms with E-state index in [1.54, 1.807) is 12.3 Å². The van der Waals surface area contributed by atoms with Crippen LogP contribution in [0.25, 0.3) is 0 Å². The monoisotopic (exact) mass is 278 g/mol. The first-order chi connectivity index (χ1) is 10.3. The molecule has 21 heavy (non-hydrogen) atoms. The summed E-state index contributed by atoms with van der Waals surface area (Å²) < 4.78 is 5.00. The second-order valence-electron chi connectivity index (χ2n) is 4.64. The van der Waals surface area contributed by atoms with Gasteiger partial charge in [-0.2, -0.15) is 0 Å². The molecule has 1 aliphatic rings. The predicted molar refractivity (Wildman–Crippen MR) is 80.0 cm³/mol. The fourth-order valence-electron chi connectivity index (χ4n) is 2.04. The van der Waals surface area contributed by atoms with Gasteiger partial charge in [-0.1, -0.05) is 30.0 Å². The van der Waals surface area contributed by atoms with Gasteiger partial charge in [-0.15, -0.1) is 0 Å². The molecule has 4 nitrogen and oxygen atoms in total. The Morgan fingerprint density at radius 3 is 2.57 bits per heavy atom. The third-order valence-electron chi connectivity index (χ3n) is 3.12. The number of anilines is 1. The van der Waals surface area contributed by atoms with Crippen molar-refractivity contribution < 1.29 is 9.53 Å². The van der Waals surface area contributed by atoms with Crippen LogP contribution in [0.2, 0.25) is 0 Å².